The van der Waals surface area contributed by atoms with E-state index in [1.807, 2.05) is 0 Å². The number of aromatic nitrogens is 1. The quantitative estimate of drug-likeness (QED) is 0.596. The molecule has 0 spiro atoms. The molecule has 0 saturated heterocycles. The van der Waals surface area contributed by atoms with E-state index in [0.29, 0.717) is 0 Å². The van der Waals surface area contributed by atoms with Crippen LogP contribution in [0.5, 0.6) is 0 Å². The zero-order valence-corrected chi connectivity index (χ0v) is 13.5. The minimum Gasteiger partial charge on any atom is -0.492 e. The summed E-state index contributed by atoms with van der Waals surface area (Å²) in [5.41, 5.74) is -0.0372. The molecule has 0 fully saturated rings. The molecule has 1 aromatic heterocycles. The fraction of sp³-hybridized carbons (Fsp3) is 0.250. The van der Waals surface area contributed by atoms with Gasteiger partial charge in [0.2, 0.25) is 11.6 Å². The van der Waals surface area contributed by atoms with Gasteiger partial charge in [0, 0.05) is 19.2 Å². The molecule has 0 unspecified atom stereocenters. The van der Waals surface area contributed by atoms with Gasteiger partial charge in [0.25, 0.3) is 0 Å². The van der Waals surface area contributed by atoms with Gasteiger partial charge in [-0.2, -0.15) is 0 Å². The first-order valence-electron chi connectivity index (χ1n) is 6.79. The van der Waals surface area contributed by atoms with Crippen LogP contribution >= 0.6 is 0 Å². The van der Waals surface area contributed by atoms with Crippen molar-refractivity contribution in [1.82, 2.24) is 4.57 Å². The third-order valence-corrected chi connectivity index (χ3v) is 3.57. The van der Waals surface area contributed by atoms with Crippen LogP contribution in [0.1, 0.15) is 36.9 Å². The standard InChI is InChI=1S/C16H15NO7/c1-17-8(5-6-11(19)23-3)12(16(21)24-4)13-14(17)9(18)7-10(22-2)15(13)20/h5-7H,1-4H3/b6-5+. The topological polar surface area (TPSA) is 101 Å². The molecule has 24 heavy (non-hydrogen) atoms. The summed E-state index contributed by atoms with van der Waals surface area (Å²) >= 11 is 0. The molecule has 0 N–H and O–H groups in total. The molecule has 1 aliphatic carbocycles. The van der Waals surface area contributed by atoms with E-state index in [0.717, 1.165) is 19.3 Å². The molecule has 1 heterocycles. The highest BCUT2D eigenvalue weighted by Gasteiger charge is 2.37. The first-order chi connectivity index (χ1) is 11.4. The van der Waals surface area contributed by atoms with Crippen LogP contribution in [0.2, 0.25) is 0 Å². The monoisotopic (exact) mass is 333 g/mol. The molecule has 0 amide bonds. The van der Waals surface area contributed by atoms with E-state index >= 15 is 0 Å². The van der Waals surface area contributed by atoms with E-state index in [-0.39, 0.29) is 28.3 Å². The van der Waals surface area contributed by atoms with Crippen molar-refractivity contribution in [2.45, 2.75) is 0 Å². The van der Waals surface area contributed by atoms with Crippen LogP contribution in [0.25, 0.3) is 6.08 Å². The van der Waals surface area contributed by atoms with Gasteiger partial charge in [-0.1, -0.05) is 0 Å². The van der Waals surface area contributed by atoms with Crippen LogP contribution < -0.4 is 0 Å². The Labute approximate surface area is 137 Å². The average molecular weight is 333 g/mol. The van der Waals surface area contributed by atoms with E-state index in [4.69, 9.17) is 9.47 Å². The zero-order chi connectivity index (χ0) is 18.0. The summed E-state index contributed by atoms with van der Waals surface area (Å²) in [7, 11) is 5.10. The maximum Gasteiger partial charge on any atom is 0.340 e. The second-order valence-electron chi connectivity index (χ2n) is 4.80. The lowest BCUT2D eigenvalue weighted by molar-refractivity contribution is -0.134. The molecular formula is C16H15NO7. The highest BCUT2D eigenvalue weighted by molar-refractivity contribution is 6.27. The molecule has 1 aliphatic rings. The number of Topliss-reactive ketones (excluding diaryl/α,β-unsaturated/α-hetero) is 1. The average Bonchev–Trinajstić information content (AvgIpc) is 2.88. The number of fused-ring (bicyclic) bond motifs is 1. The van der Waals surface area contributed by atoms with Crippen molar-refractivity contribution in [1.29, 1.82) is 0 Å². The number of ketones is 2. The highest BCUT2D eigenvalue weighted by Crippen LogP contribution is 2.31. The molecule has 1 aromatic rings. The lowest BCUT2D eigenvalue weighted by atomic mass is 9.96. The van der Waals surface area contributed by atoms with Crippen molar-refractivity contribution in [3.05, 3.63) is 40.4 Å². The molecule has 8 nitrogen and oxygen atoms in total. The lowest BCUT2D eigenvalue weighted by Crippen LogP contribution is -2.21. The Hall–Kier alpha value is -3.16. The molecule has 0 aliphatic heterocycles. The van der Waals surface area contributed by atoms with E-state index in [2.05, 4.69) is 4.74 Å². The molecule has 2 rings (SSSR count). The van der Waals surface area contributed by atoms with E-state index < -0.39 is 23.5 Å². The number of hydrogen-bond acceptors (Lipinski definition) is 7. The van der Waals surface area contributed by atoms with Gasteiger partial charge in [-0.05, 0) is 6.08 Å². The molecule has 0 bridgehead atoms. The zero-order valence-electron chi connectivity index (χ0n) is 13.5. The number of hydrogen-bond donors (Lipinski definition) is 0. The normalized spacial score (nSPS) is 13.6. The Morgan fingerprint density at radius 2 is 1.79 bits per heavy atom. The van der Waals surface area contributed by atoms with Crippen molar-refractivity contribution in [2.75, 3.05) is 21.3 Å². The van der Waals surface area contributed by atoms with Crippen molar-refractivity contribution in [3.63, 3.8) is 0 Å². The van der Waals surface area contributed by atoms with Crippen molar-refractivity contribution < 1.29 is 33.4 Å². The Balaban J connectivity index is 2.76. The van der Waals surface area contributed by atoms with Crippen molar-refractivity contribution in [2.24, 2.45) is 7.05 Å². The fourth-order valence-electron chi connectivity index (χ4n) is 2.46. The summed E-state index contributed by atoms with van der Waals surface area (Å²) in [6.07, 6.45) is 3.41. The molecule has 0 atom stereocenters. The van der Waals surface area contributed by atoms with Gasteiger partial charge >= 0.3 is 11.9 Å². The number of methoxy groups -OCH3 is 3. The minimum atomic E-state index is -0.810. The van der Waals surface area contributed by atoms with Gasteiger partial charge in [0.15, 0.2) is 5.76 Å². The molecule has 0 aromatic carbocycles. The van der Waals surface area contributed by atoms with Crippen molar-refractivity contribution >= 4 is 29.6 Å². The summed E-state index contributed by atoms with van der Waals surface area (Å²) in [5, 5.41) is 0. The molecule has 0 radical (unpaired) electrons. The number of ether oxygens (including phenoxy) is 3. The first kappa shape index (κ1) is 17.2. The summed E-state index contributed by atoms with van der Waals surface area (Å²) in [6, 6.07) is 0. The van der Waals surface area contributed by atoms with E-state index in [9.17, 15) is 19.2 Å². The predicted molar refractivity (Wildman–Crippen MR) is 81.6 cm³/mol. The number of carbonyl (C=O) groups is 4. The summed E-state index contributed by atoms with van der Waals surface area (Å²) < 4.78 is 15.5. The SMILES string of the molecule is COC(=O)/C=C/c1c(C(=O)OC)c2c(n1C)C(=O)C=C(OC)C2=O. The van der Waals surface area contributed by atoms with Crippen LogP contribution in [-0.4, -0.2) is 49.4 Å². The number of esters is 2. The number of allylic oxidation sites excluding steroid dienone is 2. The molecule has 8 heteroatoms. The molecular weight excluding hydrogens is 318 g/mol. The maximum absolute atomic E-state index is 12.5. The molecule has 126 valence electrons. The van der Waals surface area contributed by atoms with E-state index in [1.165, 1.54) is 31.9 Å². The van der Waals surface area contributed by atoms with Gasteiger partial charge in [0.1, 0.15) is 5.69 Å². The maximum atomic E-state index is 12.5. The van der Waals surface area contributed by atoms with E-state index in [1.54, 1.807) is 0 Å². The van der Waals surface area contributed by atoms with Crippen molar-refractivity contribution in [3.8, 4) is 0 Å². The second kappa shape index (κ2) is 6.53. The highest BCUT2D eigenvalue weighted by atomic mass is 16.5. The second-order valence-corrected chi connectivity index (χ2v) is 4.80. The fourth-order valence-corrected chi connectivity index (χ4v) is 2.46. The summed E-state index contributed by atoms with van der Waals surface area (Å²) in [5.74, 6) is -2.74. The summed E-state index contributed by atoms with van der Waals surface area (Å²) in [6.45, 7) is 0. The van der Waals surface area contributed by atoms with Gasteiger partial charge in [-0.15, -0.1) is 0 Å². The van der Waals surface area contributed by atoms with Gasteiger partial charge in [0.05, 0.1) is 38.2 Å². The summed E-state index contributed by atoms with van der Waals surface area (Å²) in [4.78, 5) is 48.3. The predicted octanol–water partition coefficient (Wildman–Crippen LogP) is 0.907. The van der Waals surface area contributed by atoms with Crippen LogP contribution in [0.3, 0.4) is 0 Å². The van der Waals surface area contributed by atoms with Gasteiger partial charge in [-0.3, -0.25) is 9.59 Å². The minimum absolute atomic E-state index is 0.0192. The van der Waals surface area contributed by atoms with Crippen LogP contribution in [0.15, 0.2) is 17.9 Å². The van der Waals surface area contributed by atoms with Gasteiger partial charge in [-0.25, -0.2) is 9.59 Å². The number of nitrogens with zero attached hydrogens (tertiary/aromatic N) is 1. The largest absolute Gasteiger partial charge is 0.492 e. The Bertz CT molecular complexity index is 811. The van der Waals surface area contributed by atoms with Gasteiger partial charge < -0.3 is 18.8 Å². The Morgan fingerprint density at radius 3 is 2.33 bits per heavy atom. The van der Waals surface area contributed by atoms with Crippen LogP contribution in [0.4, 0.5) is 0 Å². The third-order valence-electron chi connectivity index (χ3n) is 3.57. The number of rotatable bonds is 4. The number of carbonyl (C=O) groups excluding carboxylic acids is 4. The third kappa shape index (κ3) is 2.62. The Morgan fingerprint density at radius 1 is 1.12 bits per heavy atom. The molecule has 0 saturated carbocycles. The van der Waals surface area contributed by atoms with Crippen LogP contribution in [0, 0.1) is 0 Å². The smallest absolute Gasteiger partial charge is 0.340 e. The Kier molecular flexibility index (Phi) is 4.68. The first-order valence-corrected chi connectivity index (χ1v) is 6.79. The van der Waals surface area contributed by atoms with Crippen LogP contribution in [-0.2, 0) is 26.1 Å². The lowest BCUT2D eigenvalue weighted by Gasteiger charge is -2.12.